The summed E-state index contributed by atoms with van der Waals surface area (Å²) in [6, 6.07) is 2.50. The molecule has 432 valence electrons. The number of primary amides is 1. The van der Waals surface area contributed by atoms with Gasteiger partial charge in [-0.1, -0.05) is 97.9 Å². The van der Waals surface area contributed by atoms with E-state index in [0.29, 0.717) is 11.1 Å². The molecule has 2 aromatic rings. The van der Waals surface area contributed by atoms with Crippen molar-refractivity contribution in [1.29, 1.82) is 0 Å². The highest BCUT2D eigenvalue weighted by Gasteiger charge is 2.36. The molecule has 0 spiro atoms. The number of carbonyl (C=O) groups excluding carboxylic acids is 9. The van der Waals surface area contributed by atoms with Crippen molar-refractivity contribution in [2.45, 2.75) is 161 Å². The number of hydrogen-bond donors (Lipinski definition) is 14. The highest BCUT2D eigenvalue weighted by molar-refractivity contribution is 7.80. The molecule has 78 heavy (non-hydrogen) atoms. The summed E-state index contributed by atoms with van der Waals surface area (Å²) in [5.41, 5.74) is 12.9. The van der Waals surface area contributed by atoms with Crippen LogP contribution in [0.15, 0.2) is 54.6 Å². The van der Waals surface area contributed by atoms with Gasteiger partial charge in [0.15, 0.2) is 0 Å². The van der Waals surface area contributed by atoms with Crippen LogP contribution in [0.2, 0.25) is 0 Å². The Bertz CT molecular complexity index is 2370. The minimum absolute atomic E-state index is 0.00974. The molecule has 0 aliphatic carbocycles. The zero-order chi connectivity index (χ0) is 59.0. The number of phenols is 1. The lowest BCUT2D eigenvalue weighted by atomic mass is 9.98. The van der Waals surface area contributed by atoms with Gasteiger partial charge in [-0.15, -0.1) is 0 Å². The van der Waals surface area contributed by atoms with Crippen molar-refractivity contribution in [2.75, 3.05) is 5.75 Å². The second-order valence-corrected chi connectivity index (χ2v) is 21.1. The monoisotopic (exact) mass is 1110 g/mol. The summed E-state index contributed by atoms with van der Waals surface area (Å²) in [7, 11) is 0. The number of aliphatic carboxylic acids is 2. The van der Waals surface area contributed by atoms with Crippen LogP contribution < -0.4 is 54.0 Å². The molecule has 2 rings (SSSR count). The van der Waals surface area contributed by atoms with Gasteiger partial charge in [0.25, 0.3) is 0 Å². The molecule has 15 N–H and O–H groups in total. The van der Waals surface area contributed by atoms with Gasteiger partial charge >= 0.3 is 11.9 Å². The summed E-state index contributed by atoms with van der Waals surface area (Å²) in [6.07, 6.45) is -1.64. The van der Waals surface area contributed by atoms with Crippen LogP contribution >= 0.6 is 12.6 Å². The third-order valence-electron chi connectivity index (χ3n) is 12.2. The summed E-state index contributed by atoms with van der Waals surface area (Å²) in [5.74, 6) is -12.3. The topological polar surface area (TPSA) is 397 Å². The van der Waals surface area contributed by atoms with E-state index in [0.717, 1.165) is 0 Å². The van der Waals surface area contributed by atoms with Crippen LogP contribution in [0.5, 0.6) is 5.75 Å². The molecule has 0 bridgehead atoms. The molecule has 0 aliphatic heterocycles. The molecule has 0 aromatic heterocycles. The van der Waals surface area contributed by atoms with Crippen molar-refractivity contribution >= 4 is 77.7 Å². The number of rotatable bonds is 34. The number of carboxylic acid groups (broad SMARTS) is 2. The van der Waals surface area contributed by atoms with Gasteiger partial charge in [-0.25, -0.2) is 4.79 Å². The average Bonchev–Trinajstić information content (AvgIpc) is 3.35. The Labute approximate surface area is 460 Å². The number of thiol groups is 1. The van der Waals surface area contributed by atoms with Crippen LogP contribution in [0.4, 0.5) is 0 Å². The van der Waals surface area contributed by atoms with Crippen LogP contribution in [0.1, 0.15) is 105 Å². The van der Waals surface area contributed by atoms with E-state index in [4.69, 9.17) is 11.5 Å². The normalized spacial score (nSPS) is 14.7. The number of carbonyl (C=O) groups is 11. The van der Waals surface area contributed by atoms with Crippen molar-refractivity contribution in [3.05, 3.63) is 65.7 Å². The molecular formula is C53H80N10O14S. The van der Waals surface area contributed by atoms with Gasteiger partial charge in [0.1, 0.15) is 54.1 Å². The predicted octanol–water partition coefficient (Wildman–Crippen LogP) is -0.0680. The molecule has 0 saturated heterocycles. The van der Waals surface area contributed by atoms with Crippen molar-refractivity contribution < 1.29 is 68.1 Å². The predicted molar refractivity (Wildman–Crippen MR) is 291 cm³/mol. The van der Waals surface area contributed by atoms with Crippen molar-refractivity contribution in [2.24, 2.45) is 35.1 Å². The molecule has 25 heteroatoms. The number of phenolic OH excluding ortho intramolecular Hbond substituents is 1. The first-order valence-electron chi connectivity index (χ1n) is 25.9. The van der Waals surface area contributed by atoms with Crippen molar-refractivity contribution in [1.82, 2.24) is 42.5 Å². The lowest BCUT2D eigenvalue weighted by Crippen LogP contribution is -2.61. The van der Waals surface area contributed by atoms with Crippen LogP contribution in [0.25, 0.3) is 0 Å². The van der Waals surface area contributed by atoms with Gasteiger partial charge < -0.3 is 69.3 Å². The molecule has 9 amide bonds. The quantitative estimate of drug-likeness (QED) is 0.0408. The fourth-order valence-corrected chi connectivity index (χ4v) is 8.17. The van der Waals surface area contributed by atoms with E-state index in [1.54, 1.807) is 84.0 Å². The SMILES string of the molecule is CC(C)C[C@H](NC(=O)[C@@H](NC(=O)[C@H](CCC(N)=O)NC(=O)[C@H](CS)NC(=O)[C@H](Cc1ccccc1)NC(=O)[C@H](CC(C)C)NC(=O)[C@@H](N)Cc1ccc(O)cc1)C(C)C)C(=O)N[C@@H](CCC(=O)O)C(=O)N[C@H](C(=O)O)C(C)C. The highest BCUT2D eigenvalue weighted by Crippen LogP contribution is 2.15. The number of benzene rings is 2. The molecule has 0 radical (unpaired) electrons. The average molecular weight is 1110 g/mol. The van der Waals surface area contributed by atoms with Crippen LogP contribution in [-0.4, -0.2) is 141 Å². The molecule has 0 saturated carbocycles. The molecular weight excluding hydrogens is 1030 g/mol. The molecule has 0 heterocycles. The maximum Gasteiger partial charge on any atom is 0.326 e. The van der Waals surface area contributed by atoms with Crippen LogP contribution in [0.3, 0.4) is 0 Å². The number of amides is 9. The third kappa shape index (κ3) is 23.9. The molecule has 0 unspecified atom stereocenters. The smallest absolute Gasteiger partial charge is 0.326 e. The van der Waals surface area contributed by atoms with E-state index in [-0.39, 0.29) is 55.4 Å². The first-order valence-corrected chi connectivity index (χ1v) is 26.5. The summed E-state index contributed by atoms with van der Waals surface area (Å²) in [5, 5.41) is 49.1. The van der Waals surface area contributed by atoms with E-state index in [1.807, 2.05) is 13.8 Å². The van der Waals surface area contributed by atoms with Crippen LogP contribution in [-0.2, 0) is 65.6 Å². The van der Waals surface area contributed by atoms with E-state index in [1.165, 1.54) is 12.1 Å². The second kappa shape index (κ2) is 33.1. The maximum absolute atomic E-state index is 14.2. The maximum atomic E-state index is 14.2. The van der Waals surface area contributed by atoms with Crippen LogP contribution in [0, 0.1) is 23.7 Å². The van der Waals surface area contributed by atoms with Gasteiger partial charge in [0.05, 0.1) is 6.04 Å². The van der Waals surface area contributed by atoms with Gasteiger partial charge in [0, 0.05) is 25.0 Å². The highest BCUT2D eigenvalue weighted by atomic mass is 32.1. The molecule has 2 aromatic carbocycles. The Morgan fingerprint density at radius 3 is 1.32 bits per heavy atom. The Morgan fingerprint density at radius 1 is 0.474 bits per heavy atom. The number of nitrogens with one attached hydrogen (secondary N) is 8. The van der Waals surface area contributed by atoms with Gasteiger partial charge in [-0.3, -0.25) is 47.9 Å². The number of hydrogen-bond acceptors (Lipinski definition) is 14. The van der Waals surface area contributed by atoms with Gasteiger partial charge in [-0.05, 0) is 79.0 Å². The summed E-state index contributed by atoms with van der Waals surface area (Å²) in [4.78, 5) is 146. The van der Waals surface area contributed by atoms with E-state index in [2.05, 4.69) is 55.2 Å². The Morgan fingerprint density at radius 2 is 0.872 bits per heavy atom. The molecule has 0 aliphatic rings. The summed E-state index contributed by atoms with van der Waals surface area (Å²) >= 11 is 4.29. The Hall–Kier alpha value is -7.28. The minimum atomic E-state index is -1.55. The first-order chi connectivity index (χ1) is 36.5. The zero-order valence-corrected chi connectivity index (χ0v) is 46.4. The Kier molecular flexibility index (Phi) is 28.4. The van der Waals surface area contributed by atoms with Crippen molar-refractivity contribution in [3.8, 4) is 5.75 Å². The van der Waals surface area contributed by atoms with Gasteiger partial charge in [0.2, 0.25) is 53.2 Å². The standard InChI is InChI=1S/C53H80N10O14S/c1-27(2)22-37(58-45(68)34(54)24-32-14-16-33(64)17-15-32)49(72)59-39(25-31-12-10-9-11-13-31)50(73)61-40(26-78)51(74)57-35(18-20-41(55)65)46(69)62-43(29(5)6)52(75)60-38(23-28(3)4)48(71)56-36(19-21-42(66)67)47(70)63-44(30(7)8)53(76)77/h9-17,27-30,34-40,43-44,64,78H,18-26,54H2,1-8H3,(H2,55,65)(H,56,71)(H,57,74)(H,58,68)(H,59,72)(H,60,75)(H,61,73)(H,62,69)(H,63,70)(H,66,67)(H,76,77)/t34-,35-,36-,37-,38-,39-,40-,43-,44-/m0/s1. The largest absolute Gasteiger partial charge is 0.508 e. The third-order valence-corrected chi connectivity index (χ3v) is 12.6. The lowest BCUT2D eigenvalue weighted by molar-refractivity contribution is -0.144. The molecule has 9 atom stereocenters. The van der Waals surface area contributed by atoms with Crippen molar-refractivity contribution in [3.63, 3.8) is 0 Å². The molecule has 24 nitrogen and oxygen atoms in total. The summed E-state index contributed by atoms with van der Waals surface area (Å²) < 4.78 is 0. The zero-order valence-electron chi connectivity index (χ0n) is 45.5. The fraction of sp³-hybridized carbons (Fsp3) is 0.566. The lowest BCUT2D eigenvalue weighted by Gasteiger charge is -2.29. The number of nitrogens with two attached hydrogens (primary N) is 2. The van der Waals surface area contributed by atoms with E-state index >= 15 is 0 Å². The van der Waals surface area contributed by atoms with Gasteiger partial charge in [-0.2, -0.15) is 12.6 Å². The Balaban J connectivity index is 2.38. The fourth-order valence-electron chi connectivity index (χ4n) is 7.92. The van der Waals surface area contributed by atoms with E-state index < -0.39 is 151 Å². The first kappa shape index (κ1) is 66.8. The molecule has 0 fully saturated rings. The minimum Gasteiger partial charge on any atom is -0.508 e. The summed E-state index contributed by atoms with van der Waals surface area (Å²) in [6.45, 7) is 13.4. The van der Waals surface area contributed by atoms with E-state index in [9.17, 15) is 68.1 Å². The number of carboxylic acids is 2. The number of aromatic hydroxyl groups is 1. The second-order valence-electron chi connectivity index (χ2n) is 20.7.